The van der Waals surface area contributed by atoms with Gasteiger partial charge >= 0.3 is 0 Å². The predicted molar refractivity (Wildman–Crippen MR) is 72.9 cm³/mol. The van der Waals surface area contributed by atoms with Crippen LogP contribution in [0.25, 0.3) is 0 Å². The van der Waals surface area contributed by atoms with Gasteiger partial charge in [0.05, 0.1) is 12.2 Å². The molecule has 0 bridgehead atoms. The molecule has 0 amide bonds. The Bertz CT molecular complexity index is 591. The first kappa shape index (κ1) is 13.9. The molecule has 1 heterocycles. The number of nitrogens with two attached hydrogens (primary N) is 1. The van der Waals surface area contributed by atoms with Gasteiger partial charge in [-0.25, -0.2) is 4.39 Å². The Hall–Kier alpha value is -1.53. The van der Waals surface area contributed by atoms with E-state index in [1.807, 2.05) is 0 Å². The Morgan fingerprint density at radius 3 is 2.84 bits per heavy atom. The van der Waals surface area contributed by atoms with Crippen LogP contribution in [0.3, 0.4) is 0 Å². The number of halogens is 2. The van der Waals surface area contributed by atoms with Crippen molar-refractivity contribution in [3.63, 3.8) is 0 Å². The number of rotatable bonds is 4. The number of benzene rings is 1. The number of hydrogen-bond donors (Lipinski definition) is 1. The number of hydrogen-bond acceptors (Lipinski definition) is 3. The molecule has 2 N–H and O–H groups in total. The number of nitrogens with zero attached hydrogens (tertiary/aromatic N) is 2. The van der Waals surface area contributed by atoms with Gasteiger partial charge in [-0.1, -0.05) is 15.9 Å². The summed E-state index contributed by atoms with van der Waals surface area (Å²) in [4.78, 5) is 12.0. The highest BCUT2D eigenvalue weighted by atomic mass is 79.9. The molecule has 0 radical (unpaired) electrons. The summed E-state index contributed by atoms with van der Waals surface area (Å²) in [5.74, 6) is -0.558. The van der Waals surface area contributed by atoms with Gasteiger partial charge in [0, 0.05) is 29.7 Å². The molecule has 2 aromatic rings. The second-order valence-corrected chi connectivity index (χ2v) is 5.26. The van der Waals surface area contributed by atoms with Crippen molar-refractivity contribution in [2.45, 2.75) is 12.5 Å². The second-order valence-electron chi connectivity index (χ2n) is 4.35. The van der Waals surface area contributed by atoms with Crippen LogP contribution in [-0.2, 0) is 18.3 Å². The van der Waals surface area contributed by atoms with Crippen molar-refractivity contribution in [3.8, 4) is 0 Å². The summed E-state index contributed by atoms with van der Waals surface area (Å²) in [6.07, 6.45) is 3.35. The van der Waals surface area contributed by atoms with E-state index in [-0.39, 0.29) is 18.0 Å². The third-order valence-electron chi connectivity index (χ3n) is 2.73. The number of ketones is 1. The molecule has 0 aliphatic rings. The van der Waals surface area contributed by atoms with Crippen LogP contribution in [-0.4, -0.2) is 15.6 Å². The minimum atomic E-state index is -0.740. The minimum absolute atomic E-state index is 0.0897. The summed E-state index contributed by atoms with van der Waals surface area (Å²) in [6, 6.07) is 3.64. The van der Waals surface area contributed by atoms with Gasteiger partial charge < -0.3 is 5.73 Å². The van der Waals surface area contributed by atoms with E-state index < -0.39 is 6.04 Å². The Labute approximate surface area is 118 Å². The van der Waals surface area contributed by atoms with E-state index in [0.717, 1.165) is 0 Å². The smallest absolute Gasteiger partial charge is 0.158 e. The van der Waals surface area contributed by atoms with Crippen LogP contribution in [0, 0.1) is 5.82 Å². The number of aromatic nitrogens is 2. The quantitative estimate of drug-likeness (QED) is 0.936. The molecule has 0 fully saturated rings. The average Bonchev–Trinajstić information content (AvgIpc) is 2.73. The first-order valence-corrected chi connectivity index (χ1v) is 6.47. The maximum atomic E-state index is 13.2. The number of aryl methyl sites for hydroxylation is 1. The molecule has 1 aromatic carbocycles. The molecule has 0 spiro atoms. The molecular formula is C13H13BrFN3O. The maximum absolute atomic E-state index is 13.2. The third-order valence-corrected chi connectivity index (χ3v) is 3.19. The van der Waals surface area contributed by atoms with E-state index in [1.165, 1.54) is 12.1 Å². The molecule has 0 aliphatic carbocycles. The summed E-state index contributed by atoms with van der Waals surface area (Å²) < 4.78 is 15.4. The van der Waals surface area contributed by atoms with Crippen LogP contribution >= 0.6 is 15.9 Å². The first-order valence-electron chi connectivity index (χ1n) is 5.67. The summed E-state index contributed by atoms with van der Waals surface area (Å²) in [6.45, 7) is 0. The summed E-state index contributed by atoms with van der Waals surface area (Å²) >= 11 is 3.19. The lowest BCUT2D eigenvalue weighted by Gasteiger charge is -2.08. The molecule has 100 valence electrons. The van der Waals surface area contributed by atoms with Crippen molar-refractivity contribution in [2.75, 3.05) is 0 Å². The summed E-state index contributed by atoms with van der Waals surface area (Å²) in [5.41, 5.74) is 7.12. The molecule has 0 saturated heterocycles. The maximum Gasteiger partial charge on any atom is 0.158 e. The fraction of sp³-hybridized carbons (Fsp3) is 0.231. The lowest BCUT2D eigenvalue weighted by atomic mass is 10.0. The molecule has 1 atom stereocenters. The van der Waals surface area contributed by atoms with E-state index in [9.17, 15) is 9.18 Å². The zero-order chi connectivity index (χ0) is 14.0. The molecule has 6 heteroatoms. The Balaban J connectivity index is 2.12. The lowest BCUT2D eigenvalue weighted by molar-refractivity contribution is -0.119. The highest BCUT2D eigenvalue weighted by Crippen LogP contribution is 2.18. The molecule has 1 unspecified atom stereocenters. The van der Waals surface area contributed by atoms with Gasteiger partial charge in [-0.05, 0) is 23.8 Å². The van der Waals surface area contributed by atoms with Crippen LogP contribution in [0.2, 0.25) is 0 Å². The van der Waals surface area contributed by atoms with Crippen LogP contribution in [0.1, 0.15) is 17.2 Å². The summed E-state index contributed by atoms with van der Waals surface area (Å²) in [5, 5.41) is 3.97. The Morgan fingerprint density at radius 1 is 1.53 bits per heavy atom. The first-order chi connectivity index (χ1) is 8.95. The predicted octanol–water partition coefficient (Wildman–Crippen LogP) is 2.13. The number of carbonyl (C=O) groups is 1. The van der Waals surface area contributed by atoms with E-state index in [1.54, 1.807) is 30.2 Å². The molecule has 4 nitrogen and oxygen atoms in total. The highest BCUT2D eigenvalue weighted by Gasteiger charge is 2.18. The molecule has 19 heavy (non-hydrogen) atoms. The lowest BCUT2D eigenvalue weighted by Crippen LogP contribution is -2.22. The molecule has 0 aliphatic heterocycles. The van der Waals surface area contributed by atoms with Gasteiger partial charge in [-0.3, -0.25) is 9.48 Å². The van der Waals surface area contributed by atoms with E-state index in [2.05, 4.69) is 21.0 Å². The minimum Gasteiger partial charge on any atom is -0.318 e. The van der Waals surface area contributed by atoms with Crippen LogP contribution < -0.4 is 5.73 Å². The fourth-order valence-corrected chi connectivity index (χ4v) is 2.32. The second kappa shape index (κ2) is 5.63. The molecule has 0 saturated carbocycles. The Kier molecular flexibility index (Phi) is 4.11. The zero-order valence-electron chi connectivity index (χ0n) is 10.3. The molecule has 1 aromatic heterocycles. The van der Waals surface area contributed by atoms with Crippen molar-refractivity contribution in [1.82, 2.24) is 9.78 Å². The van der Waals surface area contributed by atoms with E-state index in [4.69, 9.17) is 5.73 Å². The average molecular weight is 326 g/mol. The van der Waals surface area contributed by atoms with Gasteiger partial charge in [-0.2, -0.15) is 5.10 Å². The van der Waals surface area contributed by atoms with Gasteiger partial charge in [0.2, 0.25) is 0 Å². The normalized spacial score (nSPS) is 12.4. The molecular weight excluding hydrogens is 313 g/mol. The number of carbonyl (C=O) groups excluding carboxylic acids is 1. The van der Waals surface area contributed by atoms with Crippen molar-refractivity contribution in [3.05, 3.63) is 52.0 Å². The van der Waals surface area contributed by atoms with Gasteiger partial charge in [0.1, 0.15) is 5.82 Å². The van der Waals surface area contributed by atoms with Crippen LogP contribution in [0.15, 0.2) is 35.1 Å². The monoisotopic (exact) mass is 325 g/mol. The topological polar surface area (TPSA) is 60.9 Å². The summed E-state index contributed by atoms with van der Waals surface area (Å²) in [7, 11) is 1.75. The van der Waals surface area contributed by atoms with E-state index >= 15 is 0 Å². The van der Waals surface area contributed by atoms with Crippen LogP contribution in [0.5, 0.6) is 0 Å². The number of Topliss-reactive ketones (excluding diaryl/α,β-unsaturated/α-hetero) is 1. The van der Waals surface area contributed by atoms with E-state index in [0.29, 0.717) is 15.6 Å². The van der Waals surface area contributed by atoms with Gasteiger partial charge in [0.15, 0.2) is 5.78 Å². The molecule has 2 rings (SSSR count). The fourth-order valence-electron chi connectivity index (χ4n) is 1.81. The van der Waals surface area contributed by atoms with Crippen molar-refractivity contribution < 1.29 is 9.18 Å². The SMILES string of the molecule is Cn1cc(C(N)C(=O)Cc2cc(F)cc(Br)c2)cn1. The van der Waals surface area contributed by atoms with Crippen molar-refractivity contribution >= 4 is 21.7 Å². The Morgan fingerprint density at radius 2 is 2.26 bits per heavy atom. The van der Waals surface area contributed by atoms with Crippen molar-refractivity contribution in [1.29, 1.82) is 0 Å². The van der Waals surface area contributed by atoms with Crippen molar-refractivity contribution in [2.24, 2.45) is 12.8 Å². The van der Waals surface area contributed by atoms with Gasteiger partial charge in [0.25, 0.3) is 0 Å². The standard InChI is InChI=1S/C13H13BrFN3O/c1-18-7-9(6-17-18)13(16)12(19)4-8-2-10(14)5-11(15)3-8/h2-3,5-7,13H,4,16H2,1H3. The van der Waals surface area contributed by atoms with Crippen LogP contribution in [0.4, 0.5) is 4.39 Å². The largest absolute Gasteiger partial charge is 0.318 e. The van der Waals surface area contributed by atoms with Gasteiger partial charge in [-0.15, -0.1) is 0 Å². The highest BCUT2D eigenvalue weighted by molar-refractivity contribution is 9.10. The third kappa shape index (κ3) is 3.48. The zero-order valence-corrected chi connectivity index (χ0v) is 11.9.